The molecule has 0 bridgehead atoms. The fourth-order valence-electron chi connectivity index (χ4n) is 2.95. The van der Waals surface area contributed by atoms with Crippen LogP contribution in [0.25, 0.3) is 0 Å². The normalized spacial score (nSPS) is 14.7. The summed E-state index contributed by atoms with van der Waals surface area (Å²) in [5.41, 5.74) is 1.84. The molecule has 22 heavy (non-hydrogen) atoms. The van der Waals surface area contributed by atoms with E-state index in [1.54, 1.807) is 18.2 Å². The van der Waals surface area contributed by atoms with Gasteiger partial charge >= 0.3 is 5.97 Å². The maximum absolute atomic E-state index is 12.2. The smallest absolute Gasteiger partial charge is 0.343 e. The van der Waals surface area contributed by atoms with Crippen molar-refractivity contribution in [3.8, 4) is 5.75 Å². The Hall–Kier alpha value is -2.42. The zero-order chi connectivity index (χ0) is 15.4. The minimum Gasteiger partial charge on any atom is -0.422 e. The summed E-state index contributed by atoms with van der Waals surface area (Å²) in [5.74, 6) is 0.386. The highest BCUT2D eigenvalue weighted by Gasteiger charge is 2.23. The van der Waals surface area contributed by atoms with Gasteiger partial charge in [0.2, 0.25) is 0 Å². The lowest BCUT2D eigenvalue weighted by atomic mass is 9.95. The second kappa shape index (κ2) is 6.56. The molecule has 3 heteroatoms. The van der Waals surface area contributed by atoms with E-state index in [1.165, 1.54) is 12.8 Å². The number of rotatable bonds is 4. The Morgan fingerprint density at radius 3 is 2.32 bits per heavy atom. The number of para-hydroxylation sites is 1. The van der Waals surface area contributed by atoms with E-state index in [9.17, 15) is 4.79 Å². The minimum absolute atomic E-state index is 0.288. The van der Waals surface area contributed by atoms with Crippen LogP contribution in [0.5, 0.6) is 5.75 Å². The lowest BCUT2D eigenvalue weighted by molar-refractivity contribution is 0.0734. The van der Waals surface area contributed by atoms with E-state index in [2.05, 4.69) is 0 Å². The average molecular weight is 293 g/mol. The number of carbonyl (C=O) groups is 1. The predicted molar refractivity (Wildman–Crippen MR) is 86.6 cm³/mol. The number of hydrogen-bond acceptors (Lipinski definition) is 3. The van der Waals surface area contributed by atoms with Crippen LogP contribution in [-0.2, 0) is 0 Å². The van der Waals surface area contributed by atoms with Crippen LogP contribution in [0.2, 0.25) is 0 Å². The Kier molecular flexibility index (Phi) is 4.33. The number of nitrogens with one attached hydrogen (secondary N) is 1. The molecule has 2 aromatic rings. The molecule has 0 radical (unpaired) electrons. The van der Waals surface area contributed by atoms with E-state index in [-0.39, 0.29) is 11.9 Å². The first-order valence-corrected chi connectivity index (χ1v) is 7.71. The highest BCUT2D eigenvalue weighted by molar-refractivity contribution is 6.03. The summed E-state index contributed by atoms with van der Waals surface area (Å²) in [5, 5.41) is 8.43. The summed E-state index contributed by atoms with van der Waals surface area (Å²) >= 11 is 0. The van der Waals surface area contributed by atoms with Gasteiger partial charge in [0, 0.05) is 17.2 Å². The second-order valence-electron chi connectivity index (χ2n) is 5.65. The van der Waals surface area contributed by atoms with Crippen LogP contribution < -0.4 is 4.74 Å². The molecule has 3 rings (SSSR count). The Balaban J connectivity index is 1.82. The maximum Gasteiger partial charge on any atom is 0.343 e. The largest absolute Gasteiger partial charge is 0.422 e. The summed E-state index contributed by atoms with van der Waals surface area (Å²) in [4.78, 5) is 12.2. The van der Waals surface area contributed by atoms with Crippen molar-refractivity contribution in [3.63, 3.8) is 0 Å². The van der Waals surface area contributed by atoms with Crippen molar-refractivity contribution in [1.29, 1.82) is 5.41 Å². The molecule has 0 unspecified atom stereocenters. The number of esters is 1. The van der Waals surface area contributed by atoms with E-state index in [4.69, 9.17) is 10.1 Å². The van der Waals surface area contributed by atoms with Crippen molar-refractivity contribution >= 4 is 11.7 Å². The van der Waals surface area contributed by atoms with Crippen molar-refractivity contribution in [2.75, 3.05) is 0 Å². The topological polar surface area (TPSA) is 50.1 Å². The highest BCUT2D eigenvalue weighted by Crippen LogP contribution is 2.31. The van der Waals surface area contributed by atoms with Gasteiger partial charge in [0.15, 0.2) is 0 Å². The fourth-order valence-corrected chi connectivity index (χ4v) is 2.95. The monoisotopic (exact) mass is 293 g/mol. The zero-order valence-corrected chi connectivity index (χ0v) is 12.4. The highest BCUT2D eigenvalue weighted by atomic mass is 16.5. The first-order chi connectivity index (χ1) is 10.8. The molecule has 0 amide bonds. The molecule has 1 N–H and O–H groups in total. The molecule has 0 aliphatic heterocycles. The average Bonchev–Trinajstić information content (AvgIpc) is 3.10. The van der Waals surface area contributed by atoms with Gasteiger partial charge in [0.05, 0.1) is 5.56 Å². The predicted octanol–water partition coefficient (Wildman–Crippen LogP) is 4.46. The quantitative estimate of drug-likeness (QED) is 0.514. The lowest BCUT2D eigenvalue weighted by Crippen LogP contribution is -2.15. The molecule has 0 spiro atoms. The third-order valence-electron chi connectivity index (χ3n) is 4.15. The van der Waals surface area contributed by atoms with Crippen LogP contribution >= 0.6 is 0 Å². The number of carbonyl (C=O) groups excluding carboxylic acids is 1. The molecule has 1 fully saturated rings. The lowest BCUT2D eigenvalue weighted by Gasteiger charge is -2.15. The molecule has 1 aliphatic rings. The van der Waals surface area contributed by atoms with E-state index < -0.39 is 0 Å². The van der Waals surface area contributed by atoms with Crippen molar-refractivity contribution < 1.29 is 9.53 Å². The molecule has 2 aromatic carbocycles. The molecule has 0 atom stereocenters. The van der Waals surface area contributed by atoms with Crippen LogP contribution in [0.4, 0.5) is 0 Å². The van der Waals surface area contributed by atoms with Gasteiger partial charge < -0.3 is 10.1 Å². The van der Waals surface area contributed by atoms with Crippen molar-refractivity contribution in [2.45, 2.75) is 25.7 Å². The summed E-state index contributed by atoms with van der Waals surface area (Å²) in [6.07, 6.45) is 4.47. The van der Waals surface area contributed by atoms with Gasteiger partial charge in [-0.15, -0.1) is 0 Å². The SMILES string of the molecule is N=C(c1ccccc1OC(=O)c1ccccc1)C1CCCC1. The molecule has 0 aromatic heterocycles. The van der Waals surface area contributed by atoms with Gasteiger partial charge in [-0.05, 0) is 37.1 Å². The molecule has 1 saturated carbocycles. The zero-order valence-electron chi connectivity index (χ0n) is 12.4. The fraction of sp³-hybridized carbons (Fsp3) is 0.263. The third kappa shape index (κ3) is 3.08. The van der Waals surface area contributed by atoms with Gasteiger partial charge in [0.1, 0.15) is 5.75 Å². The first kappa shape index (κ1) is 14.5. The number of hydrogen-bond donors (Lipinski definition) is 1. The van der Waals surface area contributed by atoms with Crippen LogP contribution in [0.1, 0.15) is 41.6 Å². The first-order valence-electron chi connectivity index (χ1n) is 7.71. The molecular weight excluding hydrogens is 274 g/mol. The van der Waals surface area contributed by atoms with Crippen LogP contribution in [0.3, 0.4) is 0 Å². The minimum atomic E-state index is -0.382. The van der Waals surface area contributed by atoms with Crippen molar-refractivity contribution in [2.24, 2.45) is 5.92 Å². The van der Waals surface area contributed by atoms with Crippen LogP contribution in [0, 0.1) is 11.3 Å². The standard InChI is InChI=1S/C19H19NO2/c20-18(14-8-4-5-9-14)16-12-6-7-13-17(16)22-19(21)15-10-2-1-3-11-15/h1-3,6-7,10-14,20H,4-5,8-9H2. The molecule has 1 aliphatic carbocycles. The van der Waals surface area contributed by atoms with Gasteiger partial charge in [0.25, 0.3) is 0 Å². The Morgan fingerprint density at radius 1 is 0.955 bits per heavy atom. The van der Waals surface area contributed by atoms with Crippen molar-refractivity contribution in [3.05, 3.63) is 65.7 Å². The van der Waals surface area contributed by atoms with Gasteiger partial charge in [-0.3, -0.25) is 0 Å². The maximum atomic E-state index is 12.2. The van der Waals surface area contributed by atoms with Crippen molar-refractivity contribution in [1.82, 2.24) is 0 Å². The number of ether oxygens (including phenoxy) is 1. The van der Waals surface area contributed by atoms with Gasteiger partial charge in [-0.25, -0.2) is 4.79 Å². The Labute approximate surface area is 130 Å². The Morgan fingerprint density at radius 2 is 1.59 bits per heavy atom. The summed E-state index contributed by atoms with van der Waals surface area (Å²) in [6.45, 7) is 0. The summed E-state index contributed by atoms with van der Waals surface area (Å²) in [6, 6.07) is 16.3. The molecular formula is C19H19NO2. The summed E-state index contributed by atoms with van der Waals surface area (Å²) in [7, 11) is 0. The summed E-state index contributed by atoms with van der Waals surface area (Å²) < 4.78 is 5.53. The number of benzene rings is 2. The van der Waals surface area contributed by atoms with Gasteiger partial charge in [-0.1, -0.05) is 43.2 Å². The molecule has 0 saturated heterocycles. The molecule has 3 nitrogen and oxygen atoms in total. The van der Waals surface area contributed by atoms with E-state index >= 15 is 0 Å². The molecule has 112 valence electrons. The second-order valence-corrected chi connectivity index (χ2v) is 5.65. The Bertz CT molecular complexity index is 673. The van der Waals surface area contributed by atoms with E-state index in [0.717, 1.165) is 18.4 Å². The molecule has 0 heterocycles. The van der Waals surface area contributed by atoms with E-state index in [0.29, 0.717) is 17.0 Å². The van der Waals surface area contributed by atoms with Gasteiger partial charge in [-0.2, -0.15) is 0 Å². The van der Waals surface area contributed by atoms with Crippen LogP contribution in [0.15, 0.2) is 54.6 Å². The van der Waals surface area contributed by atoms with E-state index in [1.807, 2.05) is 36.4 Å². The third-order valence-corrected chi connectivity index (χ3v) is 4.15. The van der Waals surface area contributed by atoms with Crippen LogP contribution in [-0.4, -0.2) is 11.7 Å².